The summed E-state index contributed by atoms with van der Waals surface area (Å²) in [6.07, 6.45) is 2.96. The van der Waals surface area contributed by atoms with Gasteiger partial charge in [0.25, 0.3) is 0 Å². The number of benzene rings is 1. The van der Waals surface area contributed by atoms with E-state index in [1.165, 1.54) is 6.92 Å². The Kier molecular flexibility index (Phi) is 6.98. The molecule has 1 heterocycles. The van der Waals surface area contributed by atoms with Gasteiger partial charge in [-0.25, -0.2) is 0 Å². The van der Waals surface area contributed by atoms with Crippen LogP contribution in [0.5, 0.6) is 5.75 Å². The average Bonchev–Trinajstić information content (AvgIpc) is 2.80. The second-order valence-corrected chi connectivity index (χ2v) is 6.78. The van der Waals surface area contributed by atoms with E-state index in [0.717, 1.165) is 11.1 Å². The summed E-state index contributed by atoms with van der Waals surface area (Å²) in [6, 6.07) is 6.16. The highest BCUT2D eigenvalue weighted by Crippen LogP contribution is 2.23. The summed E-state index contributed by atoms with van der Waals surface area (Å²) in [4.78, 5) is 38.0. The van der Waals surface area contributed by atoms with Gasteiger partial charge in [-0.2, -0.15) is 0 Å². The van der Waals surface area contributed by atoms with Gasteiger partial charge in [0, 0.05) is 27.1 Å². The molecule has 0 radical (unpaired) electrons. The van der Waals surface area contributed by atoms with Crippen LogP contribution in [0.15, 0.2) is 35.9 Å². The molecule has 0 saturated heterocycles. The van der Waals surface area contributed by atoms with E-state index in [2.05, 4.69) is 10.6 Å². The molecule has 3 amide bonds. The summed E-state index contributed by atoms with van der Waals surface area (Å²) >= 11 is 0. The third-order valence-electron chi connectivity index (χ3n) is 4.76. The molecule has 3 N–H and O–H groups in total. The molecule has 0 aromatic heterocycles. The molecule has 0 spiro atoms. The summed E-state index contributed by atoms with van der Waals surface area (Å²) in [5.41, 5.74) is 1.88. The van der Waals surface area contributed by atoms with Crippen molar-refractivity contribution in [2.75, 3.05) is 20.1 Å². The first-order valence-corrected chi connectivity index (χ1v) is 9.05. The van der Waals surface area contributed by atoms with Crippen molar-refractivity contribution in [3.63, 3.8) is 0 Å². The molecule has 0 saturated carbocycles. The summed E-state index contributed by atoms with van der Waals surface area (Å²) in [6.45, 7) is 3.98. The van der Waals surface area contributed by atoms with Crippen LogP contribution in [-0.2, 0) is 20.8 Å². The number of hydrogen-bond acceptors (Lipinski definition) is 4. The third-order valence-corrected chi connectivity index (χ3v) is 4.76. The van der Waals surface area contributed by atoms with E-state index in [1.807, 2.05) is 6.08 Å². The minimum atomic E-state index is -0.571. The highest BCUT2D eigenvalue weighted by atomic mass is 16.3. The fraction of sp³-hybridized carbons (Fsp3) is 0.450. The van der Waals surface area contributed by atoms with Gasteiger partial charge in [-0.05, 0) is 37.5 Å². The van der Waals surface area contributed by atoms with Gasteiger partial charge in [-0.3, -0.25) is 14.4 Å². The molecule has 1 aromatic carbocycles. The molecule has 0 aliphatic carbocycles. The van der Waals surface area contributed by atoms with Gasteiger partial charge in [0.15, 0.2) is 0 Å². The lowest BCUT2D eigenvalue weighted by Gasteiger charge is -2.29. The molecule has 1 aliphatic heterocycles. The van der Waals surface area contributed by atoms with Gasteiger partial charge in [-0.1, -0.05) is 23.8 Å². The normalized spacial score (nSPS) is 18.3. The lowest BCUT2D eigenvalue weighted by atomic mass is 9.95. The van der Waals surface area contributed by atoms with Crippen LogP contribution in [0.3, 0.4) is 0 Å². The third kappa shape index (κ3) is 5.57. The fourth-order valence-corrected chi connectivity index (χ4v) is 3.18. The average molecular weight is 373 g/mol. The van der Waals surface area contributed by atoms with Gasteiger partial charge in [0.1, 0.15) is 11.8 Å². The van der Waals surface area contributed by atoms with Crippen molar-refractivity contribution in [3.8, 4) is 5.75 Å². The Hall–Kier alpha value is -2.83. The van der Waals surface area contributed by atoms with Crippen LogP contribution >= 0.6 is 0 Å². The molecule has 2 rings (SSSR count). The maximum Gasteiger partial charge on any atom is 0.242 e. The highest BCUT2D eigenvalue weighted by molar-refractivity contribution is 5.89. The molecule has 0 fully saturated rings. The zero-order chi connectivity index (χ0) is 20.0. The SMILES string of the molecule is CNC(=O)[C@H](C)N1CCC(CNC(C)=O)=C[C@@H](Cc2ccc(O)cc2)C1=O. The minimum absolute atomic E-state index is 0.114. The Morgan fingerprint density at radius 3 is 2.56 bits per heavy atom. The van der Waals surface area contributed by atoms with Gasteiger partial charge >= 0.3 is 0 Å². The van der Waals surface area contributed by atoms with Crippen LogP contribution in [-0.4, -0.2) is 53.9 Å². The standard InChI is InChI=1S/C20H27N3O4/c1-13(19(26)21-3)23-9-8-16(12-22-14(2)24)11-17(20(23)27)10-15-4-6-18(25)7-5-15/h4-7,11,13,17,25H,8-10,12H2,1-3H3,(H,21,26)(H,22,24)/t13-,17+/m0/s1. The van der Waals surface area contributed by atoms with Gasteiger partial charge in [0.2, 0.25) is 17.7 Å². The summed E-state index contributed by atoms with van der Waals surface area (Å²) in [5.74, 6) is -0.721. The molecule has 146 valence electrons. The molecule has 7 nitrogen and oxygen atoms in total. The number of carbonyl (C=O) groups is 3. The Labute approximate surface area is 159 Å². The fourth-order valence-electron chi connectivity index (χ4n) is 3.18. The van der Waals surface area contributed by atoms with E-state index in [9.17, 15) is 19.5 Å². The van der Waals surface area contributed by atoms with Crippen LogP contribution < -0.4 is 10.6 Å². The molecule has 1 aromatic rings. The zero-order valence-corrected chi connectivity index (χ0v) is 16.0. The second kappa shape index (κ2) is 9.21. The molecule has 1 aliphatic rings. The van der Waals surface area contributed by atoms with Gasteiger partial charge in [0.05, 0.1) is 5.92 Å². The van der Waals surface area contributed by atoms with Crippen LogP contribution in [0.2, 0.25) is 0 Å². The Morgan fingerprint density at radius 2 is 1.96 bits per heavy atom. The lowest BCUT2D eigenvalue weighted by Crippen LogP contribution is -2.49. The van der Waals surface area contributed by atoms with Crippen molar-refractivity contribution in [2.24, 2.45) is 5.92 Å². The van der Waals surface area contributed by atoms with Gasteiger partial charge in [-0.15, -0.1) is 0 Å². The number of carbonyl (C=O) groups excluding carboxylic acids is 3. The Balaban J connectivity index is 2.27. The number of amides is 3. The molecule has 2 atom stereocenters. The van der Waals surface area contributed by atoms with E-state index in [4.69, 9.17) is 0 Å². The monoisotopic (exact) mass is 373 g/mol. The maximum absolute atomic E-state index is 13.1. The van der Waals surface area contributed by atoms with Crippen molar-refractivity contribution in [3.05, 3.63) is 41.5 Å². The van der Waals surface area contributed by atoms with E-state index in [-0.39, 0.29) is 23.5 Å². The predicted molar refractivity (Wildman–Crippen MR) is 102 cm³/mol. The van der Waals surface area contributed by atoms with Crippen molar-refractivity contribution in [1.82, 2.24) is 15.5 Å². The number of nitrogens with zero attached hydrogens (tertiary/aromatic N) is 1. The zero-order valence-electron chi connectivity index (χ0n) is 16.0. The number of likely N-dealkylation sites (N-methyl/N-ethyl adjacent to an activating group) is 1. The predicted octanol–water partition coefficient (Wildman–Crippen LogP) is 0.980. The summed E-state index contributed by atoms with van der Waals surface area (Å²) < 4.78 is 0. The first-order valence-electron chi connectivity index (χ1n) is 9.05. The van der Waals surface area contributed by atoms with E-state index >= 15 is 0 Å². The maximum atomic E-state index is 13.1. The summed E-state index contributed by atoms with van der Waals surface area (Å²) in [5, 5.41) is 14.8. The number of hydrogen-bond donors (Lipinski definition) is 3. The number of rotatable bonds is 6. The largest absolute Gasteiger partial charge is 0.508 e. The molecular weight excluding hydrogens is 346 g/mol. The van der Waals surface area contributed by atoms with E-state index in [1.54, 1.807) is 43.1 Å². The van der Waals surface area contributed by atoms with E-state index < -0.39 is 12.0 Å². The molecule has 7 heteroatoms. The minimum Gasteiger partial charge on any atom is -0.508 e. The smallest absolute Gasteiger partial charge is 0.242 e. The van der Waals surface area contributed by atoms with Crippen molar-refractivity contribution in [2.45, 2.75) is 32.7 Å². The Bertz CT molecular complexity index is 727. The van der Waals surface area contributed by atoms with Crippen LogP contribution in [0.25, 0.3) is 0 Å². The van der Waals surface area contributed by atoms with E-state index in [0.29, 0.717) is 25.9 Å². The number of phenolic OH excluding ortho intramolecular Hbond substituents is 1. The Morgan fingerprint density at radius 1 is 1.30 bits per heavy atom. The molecule has 0 bridgehead atoms. The first kappa shape index (κ1) is 20.5. The van der Waals surface area contributed by atoms with Crippen LogP contribution in [0, 0.1) is 5.92 Å². The second-order valence-electron chi connectivity index (χ2n) is 6.78. The van der Waals surface area contributed by atoms with Gasteiger partial charge < -0.3 is 20.6 Å². The molecule has 0 unspecified atom stereocenters. The molecule has 27 heavy (non-hydrogen) atoms. The highest BCUT2D eigenvalue weighted by Gasteiger charge is 2.32. The topological polar surface area (TPSA) is 98.7 Å². The first-order chi connectivity index (χ1) is 12.8. The van der Waals surface area contributed by atoms with Crippen molar-refractivity contribution < 1.29 is 19.5 Å². The van der Waals surface area contributed by atoms with Crippen molar-refractivity contribution in [1.29, 1.82) is 0 Å². The number of phenols is 1. The van der Waals surface area contributed by atoms with Crippen LogP contribution in [0.4, 0.5) is 0 Å². The number of aromatic hydroxyl groups is 1. The molecular formula is C20H27N3O4. The number of nitrogens with one attached hydrogen (secondary N) is 2. The lowest BCUT2D eigenvalue weighted by molar-refractivity contribution is -0.141. The van der Waals surface area contributed by atoms with Crippen LogP contribution in [0.1, 0.15) is 25.8 Å². The summed E-state index contributed by atoms with van der Waals surface area (Å²) in [7, 11) is 1.55. The quantitative estimate of drug-likeness (QED) is 0.648. The van der Waals surface area contributed by atoms with Crippen molar-refractivity contribution >= 4 is 17.7 Å².